The van der Waals surface area contributed by atoms with Crippen LogP contribution in [0.1, 0.15) is 65.0 Å². The van der Waals surface area contributed by atoms with Crippen molar-refractivity contribution in [1.29, 1.82) is 5.41 Å². The van der Waals surface area contributed by atoms with Gasteiger partial charge in [0, 0.05) is 12.3 Å². The number of rotatable bonds is 22. The van der Waals surface area contributed by atoms with Crippen molar-refractivity contribution in [3.05, 3.63) is 71.8 Å². The molecule has 0 radical (unpaired) electrons. The molecule has 2 aliphatic rings. The van der Waals surface area contributed by atoms with Gasteiger partial charge in [0.1, 0.15) is 17.9 Å². The molecule has 2 amide bonds. The lowest BCUT2D eigenvalue weighted by Crippen LogP contribution is -2.54. The van der Waals surface area contributed by atoms with Gasteiger partial charge in [0.15, 0.2) is 0 Å². The molecule has 2 heterocycles. The zero-order valence-corrected chi connectivity index (χ0v) is 31.4. The van der Waals surface area contributed by atoms with Crippen LogP contribution in [0.2, 0.25) is 0 Å². The summed E-state index contributed by atoms with van der Waals surface area (Å²) in [6.07, 6.45) is 2.87. The average molecular weight is 694 g/mol. The molecule has 2 aromatic rings. The van der Waals surface area contributed by atoms with Gasteiger partial charge in [0.05, 0.1) is 35.7 Å². The number of nitrogens with one attached hydrogen (secondary N) is 4. The molecular formula is C39H59N5O4S. The minimum Gasteiger partial charge on any atom is -0.363 e. The summed E-state index contributed by atoms with van der Waals surface area (Å²) in [5.41, 5.74) is 2.07. The minimum atomic E-state index is -0.605. The molecule has 0 bridgehead atoms. The van der Waals surface area contributed by atoms with Gasteiger partial charge in [-0.25, -0.2) is 0 Å². The van der Waals surface area contributed by atoms with Crippen molar-refractivity contribution in [1.82, 2.24) is 20.9 Å². The standard InChI is InChI=1S/C39H59N5O4S/c1-26(2)22-30(41-37(46)33(49-21-20-44(6)7)19-18-28-14-10-8-11-15-28)34-38(48-34)43-32(24-29-16-12-9-13-17-29)36(45)42-31(23-27(3)4)35(40)39(5)25-47-39/h8-17,26-27,30-34,38,40,43H,18-25H2,1-7H3,(H,41,46)(H,42,45)/t30-,31-,32-,33-,34?,38?,39+/m0/s1. The topological polar surface area (TPSA) is 122 Å². The monoisotopic (exact) mass is 693 g/mol. The van der Waals surface area contributed by atoms with E-state index in [0.29, 0.717) is 37.0 Å². The molecule has 2 saturated heterocycles. The van der Waals surface area contributed by atoms with Gasteiger partial charge in [-0.15, -0.1) is 11.8 Å². The number of carbonyl (C=O) groups excluding carboxylic acids is 2. The molecule has 0 saturated carbocycles. The summed E-state index contributed by atoms with van der Waals surface area (Å²) < 4.78 is 11.8. The summed E-state index contributed by atoms with van der Waals surface area (Å²) >= 11 is 1.72. The Balaban J connectivity index is 1.45. The van der Waals surface area contributed by atoms with Gasteiger partial charge in [-0.3, -0.25) is 14.9 Å². The summed E-state index contributed by atoms with van der Waals surface area (Å²) in [5.74, 6) is 1.39. The molecule has 4 rings (SSSR count). The number of nitrogens with zero attached hydrogens (tertiary/aromatic N) is 1. The van der Waals surface area contributed by atoms with E-state index in [4.69, 9.17) is 14.9 Å². The summed E-state index contributed by atoms with van der Waals surface area (Å²) in [7, 11) is 4.11. The number of thioether (sulfide) groups is 1. The predicted molar refractivity (Wildman–Crippen MR) is 200 cm³/mol. The smallest absolute Gasteiger partial charge is 0.238 e. The van der Waals surface area contributed by atoms with Gasteiger partial charge < -0.3 is 30.4 Å². The maximum atomic E-state index is 14.0. The zero-order valence-electron chi connectivity index (χ0n) is 30.5. The second-order valence-electron chi connectivity index (χ2n) is 15.0. The fourth-order valence-corrected chi connectivity index (χ4v) is 7.39. The SMILES string of the molecule is CC(C)C[C@H](NC(=O)[C@H](Cc1ccccc1)NC1OC1[C@H](CC(C)C)NC(=O)[C@H](CCc1ccccc1)SCCN(C)C)C(=N)[C@@]1(C)CO1. The Morgan fingerprint density at radius 1 is 0.918 bits per heavy atom. The van der Waals surface area contributed by atoms with E-state index in [2.05, 4.69) is 74.8 Å². The Hall–Kier alpha value is -2.76. The Morgan fingerprint density at radius 3 is 2.10 bits per heavy atom. The van der Waals surface area contributed by atoms with Crippen LogP contribution in [0.5, 0.6) is 0 Å². The van der Waals surface area contributed by atoms with Gasteiger partial charge in [0.25, 0.3) is 0 Å². The summed E-state index contributed by atoms with van der Waals surface area (Å²) in [5, 5.41) is 18.7. The Kier molecular flexibility index (Phi) is 14.7. The van der Waals surface area contributed by atoms with E-state index >= 15 is 0 Å². The van der Waals surface area contributed by atoms with Gasteiger partial charge in [-0.2, -0.15) is 0 Å². The highest BCUT2D eigenvalue weighted by Crippen LogP contribution is 2.31. The number of hydrogen-bond donors (Lipinski definition) is 4. The lowest BCUT2D eigenvalue weighted by Gasteiger charge is -2.27. The van der Waals surface area contributed by atoms with Gasteiger partial charge in [-0.05, 0) is 76.1 Å². The first-order chi connectivity index (χ1) is 23.3. The molecule has 9 nitrogen and oxygen atoms in total. The molecule has 7 atom stereocenters. The lowest BCUT2D eigenvalue weighted by molar-refractivity contribution is -0.124. The number of hydrogen-bond acceptors (Lipinski definition) is 8. The molecule has 2 aliphatic heterocycles. The van der Waals surface area contributed by atoms with Crippen molar-refractivity contribution in [2.45, 2.75) is 108 Å². The molecule has 4 N–H and O–H groups in total. The van der Waals surface area contributed by atoms with Crippen LogP contribution in [0.25, 0.3) is 0 Å². The normalized spacial score (nSPS) is 22.4. The van der Waals surface area contributed by atoms with E-state index in [1.807, 2.05) is 55.5 Å². The van der Waals surface area contributed by atoms with Crippen LogP contribution >= 0.6 is 11.8 Å². The Labute approximate surface area is 298 Å². The van der Waals surface area contributed by atoms with Crippen molar-refractivity contribution in [3.8, 4) is 0 Å². The van der Waals surface area contributed by atoms with Crippen LogP contribution in [-0.4, -0.2) is 96.7 Å². The molecule has 2 aromatic carbocycles. The predicted octanol–water partition coefficient (Wildman–Crippen LogP) is 5.08. The molecular weight excluding hydrogens is 635 g/mol. The third-order valence-electron chi connectivity index (χ3n) is 9.15. The first kappa shape index (κ1) is 39.0. The Bertz CT molecular complexity index is 1340. The highest BCUT2D eigenvalue weighted by atomic mass is 32.2. The number of epoxide rings is 2. The van der Waals surface area contributed by atoms with Crippen molar-refractivity contribution in [3.63, 3.8) is 0 Å². The summed E-state index contributed by atoms with van der Waals surface area (Å²) in [4.78, 5) is 30.0. The van der Waals surface area contributed by atoms with Crippen LogP contribution in [0.3, 0.4) is 0 Å². The van der Waals surface area contributed by atoms with Crippen molar-refractivity contribution in [2.24, 2.45) is 11.8 Å². The quantitative estimate of drug-likeness (QED) is 0.100. The maximum Gasteiger partial charge on any atom is 0.238 e. The third-order valence-corrected chi connectivity index (χ3v) is 10.4. The first-order valence-corrected chi connectivity index (χ1v) is 19.0. The molecule has 2 fully saturated rings. The zero-order chi connectivity index (χ0) is 35.6. The lowest BCUT2D eigenvalue weighted by atomic mass is 9.92. The highest BCUT2D eigenvalue weighted by Gasteiger charge is 2.49. The van der Waals surface area contributed by atoms with Crippen LogP contribution < -0.4 is 16.0 Å². The van der Waals surface area contributed by atoms with Gasteiger partial charge in [0.2, 0.25) is 11.8 Å². The third kappa shape index (κ3) is 12.8. The second kappa shape index (κ2) is 18.5. The van der Waals surface area contributed by atoms with E-state index in [0.717, 1.165) is 37.1 Å². The highest BCUT2D eigenvalue weighted by molar-refractivity contribution is 8.00. The fourth-order valence-electron chi connectivity index (χ4n) is 6.13. The molecule has 0 aliphatic carbocycles. The maximum absolute atomic E-state index is 14.0. The number of ether oxygens (including phenoxy) is 2. The molecule has 2 unspecified atom stereocenters. The van der Waals surface area contributed by atoms with Gasteiger partial charge >= 0.3 is 0 Å². The van der Waals surface area contributed by atoms with E-state index in [-0.39, 0.29) is 35.4 Å². The minimum absolute atomic E-state index is 0.0454. The van der Waals surface area contributed by atoms with E-state index in [1.165, 1.54) is 5.56 Å². The van der Waals surface area contributed by atoms with Crippen LogP contribution in [0, 0.1) is 17.2 Å². The van der Waals surface area contributed by atoms with Crippen LogP contribution in [0.4, 0.5) is 0 Å². The molecule has 270 valence electrons. The second-order valence-corrected chi connectivity index (χ2v) is 16.3. The molecule has 0 aromatic heterocycles. The summed E-state index contributed by atoms with van der Waals surface area (Å²) in [6.45, 7) is 11.8. The van der Waals surface area contributed by atoms with Crippen molar-refractivity contribution >= 4 is 29.3 Å². The molecule has 49 heavy (non-hydrogen) atoms. The van der Waals surface area contributed by atoms with Crippen LogP contribution in [0.15, 0.2) is 60.7 Å². The van der Waals surface area contributed by atoms with E-state index in [9.17, 15) is 9.59 Å². The van der Waals surface area contributed by atoms with E-state index < -0.39 is 17.7 Å². The first-order valence-electron chi connectivity index (χ1n) is 17.9. The average Bonchev–Trinajstić information content (AvgIpc) is 3.99. The van der Waals surface area contributed by atoms with Crippen molar-refractivity contribution < 1.29 is 19.1 Å². The number of aryl methyl sites for hydroxylation is 1. The van der Waals surface area contributed by atoms with Gasteiger partial charge in [-0.1, -0.05) is 88.4 Å². The number of amides is 2. The van der Waals surface area contributed by atoms with E-state index in [1.54, 1.807) is 11.8 Å². The van der Waals surface area contributed by atoms with Crippen LogP contribution in [-0.2, 0) is 31.9 Å². The molecule has 10 heteroatoms. The largest absolute Gasteiger partial charge is 0.363 e. The summed E-state index contributed by atoms with van der Waals surface area (Å²) in [6, 6.07) is 19.1. The number of carbonyl (C=O) groups is 2. The van der Waals surface area contributed by atoms with Crippen molar-refractivity contribution in [2.75, 3.05) is 33.0 Å². The number of benzene rings is 2. The Morgan fingerprint density at radius 2 is 1.53 bits per heavy atom. The molecule has 0 spiro atoms. The fraction of sp³-hybridized carbons (Fsp3) is 0.615.